The Hall–Kier alpha value is -1.73. The molecule has 24 heavy (non-hydrogen) atoms. The van der Waals surface area contributed by atoms with E-state index in [1.165, 1.54) is 0 Å². The van der Waals surface area contributed by atoms with Crippen LogP contribution in [0.2, 0.25) is 0 Å². The molecule has 0 fully saturated rings. The van der Waals surface area contributed by atoms with Crippen molar-refractivity contribution >= 4 is 10.0 Å². The normalized spacial score (nSPS) is 12.9. The highest BCUT2D eigenvalue weighted by Gasteiger charge is 2.15. The molecule has 0 aliphatic carbocycles. The lowest BCUT2D eigenvalue weighted by Gasteiger charge is -2.13. The molecule has 0 heterocycles. The highest BCUT2D eigenvalue weighted by molar-refractivity contribution is 7.89. The molecule has 2 aromatic carbocycles. The summed E-state index contributed by atoms with van der Waals surface area (Å²) in [5, 5.41) is 9.89. The molecule has 1 atom stereocenters. The van der Waals surface area contributed by atoms with Crippen LogP contribution in [0.15, 0.2) is 59.5 Å². The van der Waals surface area contributed by atoms with Gasteiger partial charge in [0, 0.05) is 13.2 Å². The van der Waals surface area contributed by atoms with E-state index in [0.717, 1.165) is 11.1 Å². The highest BCUT2D eigenvalue weighted by Crippen LogP contribution is 2.10. The van der Waals surface area contributed by atoms with Gasteiger partial charge >= 0.3 is 0 Å². The first kappa shape index (κ1) is 18.6. The number of sulfonamides is 1. The Labute approximate surface area is 143 Å². The fourth-order valence-electron chi connectivity index (χ4n) is 2.09. The molecule has 0 saturated carbocycles. The van der Waals surface area contributed by atoms with Crippen molar-refractivity contribution in [1.82, 2.24) is 4.72 Å². The van der Waals surface area contributed by atoms with Crippen LogP contribution < -0.4 is 4.72 Å². The van der Waals surface area contributed by atoms with Gasteiger partial charge in [0.25, 0.3) is 0 Å². The van der Waals surface area contributed by atoms with Gasteiger partial charge in [0.05, 0.1) is 17.6 Å². The van der Waals surface area contributed by atoms with E-state index in [9.17, 15) is 13.5 Å². The summed E-state index contributed by atoms with van der Waals surface area (Å²) in [6.07, 6.45) is -0.426. The number of hydrogen-bond donors (Lipinski definition) is 2. The summed E-state index contributed by atoms with van der Waals surface area (Å²) >= 11 is 0. The Kier molecular flexibility index (Phi) is 6.93. The molecule has 0 amide bonds. The standard InChI is InChI=1S/C18H23NO4S/c1-15-7-9-18(10-8-15)24(21,22)19-13-17(20)11-12-23-14-16-5-3-2-4-6-16/h2-10,17,19-20H,11-14H2,1H3/t17-/m0/s1. The number of aliphatic hydroxyl groups is 1. The average Bonchev–Trinajstić information content (AvgIpc) is 2.58. The van der Waals surface area contributed by atoms with Gasteiger partial charge in [0.1, 0.15) is 0 Å². The first-order valence-corrected chi connectivity index (χ1v) is 9.32. The summed E-state index contributed by atoms with van der Waals surface area (Å²) in [6, 6.07) is 16.3. The van der Waals surface area contributed by atoms with E-state index in [4.69, 9.17) is 4.74 Å². The van der Waals surface area contributed by atoms with Crippen LogP contribution in [0.5, 0.6) is 0 Å². The minimum atomic E-state index is -3.60. The summed E-state index contributed by atoms with van der Waals surface area (Å²) in [5.41, 5.74) is 2.05. The van der Waals surface area contributed by atoms with Crippen molar-refractivity contribution in [3.63, 3.8) is 0 Å². The molecular weight excluding hydrogens is 326 g/mol. The van der Waals surface area contributed by atoms with E-state index >= 15 is 0 Å². The first-order valence-electron chi connectivity index (χ1n) is 7.83. The number of aryl methyl sites for hydroxylation is 1. The molecule has 6 heteroatoms. The summed E-state index contributed by atoms with van der Waals surface area (Å²) in [6.45, 7) is 2.69. The molecule has 0 spiro atoms. The third-order valence-electron chi connectivity index (χ3n) is 3.55. The maximum absolute atomic E-state index is 12.1. The molecule has 0 aliphatic rings. The summed E-state index contributed by atoms with van der Waals surface area (Å²) < 4.78 is 32.1. The van der Waals surface area contributed by atoms with Gasteiger partial charge in [0.2, 0.25) is 10.0 Å². The number of benzene rings is 2. The quantitative estimate of drug-likeness (QED) is 0.681. The van der Waals surface area contributed by atoms with E-state index in [1.807, 2.05) is 37.3 Å². The molecule has 0 unspecified atom stereocenters. The van der Waals surface area contributed by atoms with Crippen LogP contribution in [0.1, 0.15) is 17.5 Å². The fourth-order valence-corrected chi connectivity index (χ4v) is 3.17. The smallest absolute Gasteiger partial charge is 0.240 e. The Morgan fingerprint density at radius 3 is 2.42 bits per heavy atom. The zero-order valence-corrected chi connectivity index (χ0v) is 14.5. The largest absolute Gasteiger partial charge is 0.392 e. The molecule has 0 aliphatic heterocycles. The molecular formula is C18H23NO4S. The Morgan fingerprint density at radius 1 is 1.08 bits per heavy atom. The number of ether oxygens (including phenoxy) is 1. The van der Waals surface area contributed by atoms with Crippen molar-refractivity contribution in [3.8, 4) is 0 Å². The van der Waals surface area contributed by atoms with Gasteiger partial charge in [-0.2, -0.15) is 0 Å². The minimum absolute atomic E-state index is 0.0368. The fraction of sp³-hybridized carbons (Fsp3) is 0.333. The topological polar surface area (TPSA) is 75.6 Å². The maximum Gasteiger partial charge on any atom is 0.240 e. The van der Waals surface area contributed by atoms with E-state index in [-0.39, 0.29) is 11.4 Å². The van der Waals surface area contributed by atoms with Gasteiger partial charge in [-0.05, 0) is 31.0 Å². The van der Waals surface area contributed by atoms with Crippen LogP contribution in [-0.2, 0) is 21.4 Å². The zero-order valence-electron chi connectivity index (χ0n) is 13.7. The number of hydrogen-bond acceptors (Lipinski definition) is 4. The second kappa shape index (κ2) is 8.94. The molecule has 0 aromatic heterocycles. The third-order valence-corrected chi connectivity index (χ3v) is 4.99. The van der Waals surface area contributed by atoms with Crippen LogP contribution in [-0.4, -0.2) is 32.8 Å². The van der Waals surface area contributed by atoms with Crippen LogP contribution in [0.3, 0.4) is 0 Å². The van der Waals surface area contributed by atoms with Crippen molar-refractivity contribution in [2.75, 3.05) is 13.2 Å². The molecule has 2 N–H and O–H groups in total. The van der Waals surface area contributed by atoms with Gasteiger partial charge in [-0.15, -0.1) is 0 Å². The van der Waals surface area contributed by atoms with Crippen LogP contribution in [0, 0.1) is 6.92 Å². The van der Waals surface area contributed by atoms with E-state index in [1.54, 1.807) is 24.3 Å². The lowest BCUT2D eigenvalue weighted by molar-refractivity contribution is 0.0752. The van der Waals surface area contributed by atoms with Crippen molar-refractivity contribution < 1.29 is 18.3 Å². The number of nitrogens with one attached hydrogen (secondary N) is 1. The van der Waals surface area contributed by atoms with E-state index in [0.29, 0.717) is 19.6 Å². The van der Waals surface area contributed by atoms with Gasteiger partial charge in [-0.25, -0.2) is 13.1 Å². The van der Waals surface area contributed by atoms with Crippen molar-refractivity contribution in [2.45, 2.75) is 31.0 Å². The van der Waals surface area contributed by atoms with Crippen molar-refractivity contribution in [2.24, 2.45) is 0 Å². The first-order chi connectivity index (χ1) is 11.5. The van der Waals surface area contributed by atoms with Gasteiger partial charge in [0.15, 0.2) is 0 Å². The van der Waals surface area contributed by atoms with E-state index < -0.39 is 16.1 Å². The average molecular weight is 349 g/mol. The molecule has 2 aromatic rings. The van der Waals surface area contributed by atoms with Crippen molar-refractivity contribution in [3.05, 3.63) is 65.7 Å². The molecule has 2 rings (SSSR count). The monoisotopic (exact) mass is 349 g/mol. The molecule has 0 saturated heterocycles. The second-order valence-electron chi connectivity index (χ2n) is 5.65. The Bertz CT molecular complexity index is 714. The minimum Gasteiger partial charge on any atom is -0.392 e. The number of aliphatic hydroxyl groups excluding tert-OH is 1. The summed E-state index contributed by atoms with van der Waals surface area (Å²) in [5.74, 6) is 0. The van der Waals surface area contributed by atoms with Crippen molar-refractivity contribution in [1.29, 1.82) is 0 Å². The summed E-state index contributed by atoms with van der Waals surface area (Å²) in [4.78, 5) is 0.195. The molecule has 0 radical (unpaired) electrons. The van der Waals surface area contributed by atoms with Crippen LogP contribution >= 0.6 is 0 Å². The van der Waals surface area contributed by atoms with Crippen LogP contribution in [0.4, 0.5) is 0 Å². The third kappa shape index (κ3) is 6.05. The maximum atomic E-state index is 12.1. The van der Waals surface area contributed by atoms with Gasteiger partial charge in [-0.1, -0.05) is 48.0 Å². The van der Waals surface area contributed by atoms with E-state index in [2.05, 4.69) is 4.72 Å². The molecule has 0 bridgehead atoms. The summed E-state index contributed by atoms with van der Waals surface area (Å²) in [7, 11) is -3.60. The molecule has 130 valence electrons. The molecule has 5 nitrogen and oxygen atoms in total. The SMILES string of the molecule is Cc1ccc(S(=O)(=O)NC[C@@H](O)CCOCc2ccccc2)cc1. The van der Waals surface area contributed by atoms with Gasteiger partial charge < -0.3 is 9.84 Å². The Morgan fingerprint density at radius 2 is 1.75 bits per heavy atom. The predicted octanol–water partition coefficient (Wildman–Crippen LogP) is 2.24. The second-order valence-corrected chi connectivity index (χ2v) is 7.41. The highest BCUT2D eigenvalue weighted by atomic mass is 32.2. The zero-order chi connectivity index (χ0) is 17.4. The Balaban J connectivity index is 1.70. The lowest BCUT2D eigenvalue weighted by Crippen LogP contribution is -2.32. The van der Waals surface area contributed by atoms with Gasteiger partial charge in [-0.3, -0.25) is 0 Å². The predicted molar refractivity (Wildman–Crippen MR) is 93.1 cm³/mol. The van der Waals surface area contributed by atoms with Crippen LogP contribution in [0.25, 0.3) is 0 Å². The lowest BCUT2D eigenvalue weighted by atomic mass is 10.2. The number of rotatable bonds is 9.